The van der Waals surface area contributed by atoms with Gasteiger partial charge in [-0.3, -0.25) is 0 Å². The number of hydrogen-bond acceptors (Lipinski definition) is 3. The van der Waals surface area contributed by atoms with Crippen LogP contribution in [-0.4, -0.2) is 34.3 Å². The quantitative estimate of drug-likeness (QED) is 0.750. The molecule has 0 saturated carbocycles. The number of phenols is 1. The highest BCUT2D eigenvalue weighted by atomic mass is 16.6. The Morgan fingerprint density at radius 2 is 1.92 bits per heavy atom. The Morgan fingerprint density at radius 3 is 2.52 bits per heavy atom. The summed E-state index contributed by atoms with van der Waals surface area (Å²) < 4.78 is 5.66. The van der Waals surface area contributed by atoms with E-state index >= 15 is 0 Å². The van der Waals surface area contributed by atoms with E-state index in [4.69, 9.17) is 4.74 Å². The average molecular weight is 345 g/mol. The minimum atomic E-state index is -0.496. The van der Waals surface area contributed by atoms with Crippen molar-refractivity contribution in [1.82, 2.24) is 4.90 Å². The van der Waals surface area contributed by atoms with E-state index in [-0.39, 0.29) is 23.0 Å². The molecule has 3 rings (SSSR count). The number of nitrogens with zero attached hydrogens (tertiary/aromatic N) is 1. The summed E-state index contributed by atoms with van der Waals surface area (Å²) in [5.41, 5.74) is 2.81. The van der Waals surface area contributed by atoms with Gasteiger partial charge in [0.15, 0.2) is 0 Å². The molecule has 2 atom stereocenters. The molecule has 138 valence electrons. The molecular weight excluding hydrogens is 314 g/mol. The Bertz CT molecular complexity index is 717. The molecule has 0 aromatic heterocycles. The number of ether oxygens (including phenoxy) is 1. The molecule has 1 fully saturated rings. The van der Waals surface area contributed by atoms with Crippen molar-refractivity contribution in [3.8, 4) is 5.75 Å². The van der Waals surface area contributed by atoms with Gasteiger partial charge in [-0.05, 0) is 68.7 Å². The van der Waals surface area contributed by atoms with Crippen molar-refractivity contribution in [1.29, 1.82) is 0 Å². The third kappa shape index (κ3) is 2.70. The van der Waals surface area contributed by atoms with Gasteiger partial charge in [-0.1, -0.05) is 26.8 Å². The van der Waals surface area contributed by atoms with Gasteiger partial charge in [0, 0.05) is 18.0 Å². The summed E-state index contributed by atoms with van der Waals surface area (Å²) in [6.45, 7) is 15.2. The molecule has 0 unspecified atom stereocenters. The summed E-state index contributed by atoms with van der Waals surface area (Å²) in [6, 6.07) is 4.10. The molecule has 2 aliphatic rings. The number of benzene rings is 1. The van der Waals surface area contributed by atoms with E-state index in [0.29, 0.717) is 12.3 Å². The van der Waals surface area contributed by atoms with E-state index in [1.807, 2.05) is 38.7 Å². The lowest BCUT2D eigenvalue weighted by molar-refractivity contribution is -0.0521. The van der Waals surface area contributed by atoms with Crippen molar-refractivity contribution in [3.63, 3.8) is 0 Å². The number of piperidine rings is 1. The van der Waals surface area contributed by atoms with Crippen LogP contribution in [0.25, 0.3) is 0 Å². The zero-order chi connectivity index (χ0) is 18.8. The summed E-state index contributed by atoms with van der Waals surface area (Å²) in [5.74, 6) is 0.337. The van der Waals surface area contributed by atoms with E-state index in [1.165, 1.54) is 5.56 Å². The molecule has 1 amide bonds. The fourth-order valence-electron chi connectivity index (χ4n) is 4.60. The maximum absolute atomic E-state index is 12.8. The predicted molar refractivity (Wildman–Crippen MR) is 99.0 cm³/mol. The maximum atomic E-state index is 12.8. The van der Waals surface area contributed by atoms with Crippen molar-refractivity contribution >= 4 is 6.09 Å². The first kappa shape index (κ1) is 18.1. The van der Waals surface area contributed by atoms with Crippen LogP contribution in [0.5, 0.6) is 5.75 Å². The largest absolute Gasteiger partial charge is 0.508 e. The number of likely N-dealkylation sites (tertiary alicyclic amines) is 1. The number of amides is 1. The second-order valence-corrected chi connectivity index (χ2v) is 9.49. The Morgan fingerprint density at radius 1 is 1.28 bits per heavy atom. The Labute approximate surface area is 151 Å². The SMILES string of the molecule is Cc1cc2c(cc1O)C[C@@H]1N(C(=O)OC(C)(C)C)CC[C@@]2(C)C1(C)C. The highest BCUT2D eigenvalue weighted by molar-refractivity contribution is 5.69. The number of aryl methyl sites for hydroxylation is 1. The molecule has 4 heteroatoms. The first-order valence-electron chi connectivity index (χ1n) is 9.19. The molecule has 2 bridgehead atoms. The highest BCUT2D eigenvalue weighted by Gasteiger charge is 2.57. The van der Waals surface area contributed by atoms with E-state index in [1.54, 1.807) is 0 Å². The van der Waals surface area contributed by atoms with Crippen molar-refractivity contribution in [2.75, 3.05) is 6.54 Å². The van der Waals surface area contributed by atoms with Crippen LogP contribution < -0.4 is 0 Å². The molecule has 1 saturated heterocycles. The van der Waals surface area contributed by atoms with Gasteiger partial charge in [-0.2, -0.15) is 0 Å². The summed E-state index contributed by atoms with van der Waals surface area (Å²) in [6.07, 6.45) is 1.42. The van der Waals surface area contributed by atoms with Gasteiger partial charge in [0.25, 0.3) is 0 Å². The van der Waals surface area contributed by atoms with E-state index in [0.717, 1.165) is 24.0 Å². The number of rotatable bonds is 0. The summed E-state index contributed by atoms with van der Waals surface area (Å²) in [4.78, 5) is 14.7. The van der Waals surface area contributed by atoms with Gasteiger partial charge in [-0.15, -0.1) is 0 Å². The summed E-state index contributed by atoms with van der Waals surface area (Å²) >= 11 is 0. The van der Waals surface area contributed by atoms with Crippen LogP contribution in [0, 0.1) is 12.3 Å². The van der Waals surface area contributed by atoms with Crippen molar-refractivity contribution in [3.05, 3.63) is 28.8 Å². The molecule has 0 radical (unpaired) electrons. The van der Waals surface area contributed by atoms with E-state index < -0.39 is 5.60 Å². The van der Waals surface area contributed by atoms with E-state index in [9.17, 15) is 9.90 Å². The minimum Gasteiger partial charge on any atom is -0.508 e. The van der Waals surface area contributed by atoms with Crippen LogP contribution >= 0.6 is 0 Å². The number of aromatic hydroxyl groups is 1. The van der Waals surface area contributed by atoms with Gasteiger partial charge in [0.1, 0.15) is 11.4 Å². The number of phenolic OH excluding ortho intramolecular Hbond substituents is 1. The lowest BCUT2D eigenvalue weighted by Crippen LogP contribution is -2.65. The highest BCUT2D eigenvalue weighted by Crippen LogP contribution is 2.56. The zero-order valence-corrected chi connectivity index (χ0v) is 16.6. The number of carbonyl (C=O) groups excluding carboxylic acids is 1. The molecule has 1 aromatic carbocycles. The predicted octanol–water partition coefficient (Wildman–Crippen LogP) is 4.55. The van der Waals surface area contributed by atoms with Gasteiger partial charge in [-0.25, -0.2) is 4.79 Å². The average Bonchev–Trinajstić information content (AvgIpc) is 2.44. The molecule has 4 nitrogen and oxygen atoms in total. The fourth-order valence-corrected chi connectivity index (χ4v) is 4.60. The normalized spacial score (nSPS) is 27.6. The van der Waals surface area contributed by atoms with Crippen LogP contribution in [0.2, 0.25) is 0 Å². The standard InChI is InChI=1S/C21H31NO3/c1-13-10-15-14(11-16(13)23)12-17-20(5,6)21(15,7)8-9-22(17)18(24)25-19(2,3)4/h10-11,17,23H,8-9,12H2,1-7H3/t17-,21+/m0/s1. The third-order valence-corrected chi connectivity index (χ3v) is 6.54. The van der Waals surface area contributed by atoms with Gasteiger partial charge in [0.05, 0.1) is 0 Å². The molecule has 1 aliphatic heterocycles. The molecule has 1 aliphatic carbocycles. The topological polar surface area (TPSA) is 49.8 Å². The smallest absolute Gasteiger partial charge is 0.410 e. The van der Waals surface area contributed by atoms with Crippen molar-refractivity contribution in [2.45, 2.75) is 78.4 Å². The van der Waals surface area contributed by atoms with Crippen molar-refractivity contribution < 1.29 is 14.6 Å². The Balaban J connectivity index is 2.04. The summed E-state index contributed by atoms with van der Waals surface area (Å²) in [7, 11) is 0. The van der Waals surface area contributed by atoms with Crippen LogP contribution in [0.1, 0.15) is 64.7 Å². The van der Waals surface area contributed by atoms with Crippen LogP contribution in [0.3, 0.4) is 0 Å². The molecular formula is C21H31NO3. The van der Waals surface area contributed by atoms with Crippen LogP contribution in [0.15, 0.2) is 12.1 Å². The second kappa shape index (κ2) is 5.39. The lowest BCUT2D eigenvalue weighted by atomic mass is 9.51. The molecule has 1 N–H and O–H groups in total. The second-order valence-electron chi connectivity index (χ2n) is 9.49. The monoisotopic (exact) mass is 345 g/mol. The van der Waals surface area contributed by atoms with Gasteiger partial charge in [0.2, 0.25) is 0 Å². The lowest BCUT2D eigenvalue weighted by Gasteiger charge is -2.60. The molecule has 1 aromatic rings. The zero-order valence-electron chi connectivity index (χ0n) is 16.6. The number of hydrogen-bond donors (Lipinski definition) is 1. The van der Waals surface area contributed by atoms with Crippen molar-refractivity contribution in [2.24, 2.45) is 5.41 Å². The van der Waals surface area contributed by atoms with E-state index in [2.05, 4.69) is 26.8 Å². The first-order valence-corrected chi connectivity index (χ1v) is 9.19. The fraction of sp³-hybridized carbons (Fsp3) is 0.667. The van der Waals surface area contributed by atoms with Crippen LogP contribution in [-0.2, 0) is 16.6 Å². The number of fused-ring (bicyclic) bond motifs is 4. The van der Waals surface area contributed by atoms with Crippen LogP contribution in [0.4, 0.5) is 4.79 Å². The number of carbonyl (C=O) groups is 1. The minimum absolute atomic E-state index is 0.0256. The Kier molecular flexibility index (Phi) is 3.90. The third-order valence-electron chi connectivity index (χ3n) is 6.54. The molecule has 1 heterocycles. The Hall–Kier alpha value is -1.71. The molecule has 0 spiro atoms. The molecule has 25 heavy (non-hydrogen) atoms. The summed E-state index contributed by atoms with van der Waals surface area (Å²) in [5, 5.41) is 10.2. The van der Waals surface area contributed by atoms with Gasteiger partial charge >= 0.3 is 6.09 Å². The first-order chi connectivity index (χ1) is 11.4. The van der Waals surface area contributed by atoms with Gasteiger partial charge < -0.3 is 14.7 Å². The maximum Gasteiger partial charge on any atom is 0.410 e.